The van der Waals surface area contributed by atoms with Gasteiger partial charge >= 0.3 is 5.97 Å². The normalized spacial score (nSPS) is 13.9. The van der Waals surface area contributed by atoms with Crippen LogP contribution < -0.4 is 0 Å². The predicted molar refractivity (Wildman–Crippen MR) is 73.1 cm³/mol. The molecule has 98 valence electrons. The molecule has 0 heterocycles. The van der Waals surface area contributed by atoms with E-state index in [1.807, 2.05) is 6.92 Å². The molecular formula is C15H26O2. The highest BCUT2D eigenvalue weighted by atomic mass is 16.4. The summed E-state index contributed by atoms with van der Waals surface area (Å²) in [6.45, 7) is 10.1. The number of carboxylic acids is 1. The van der Waals surface area contributed by atoms with Gasteiger partial charge in [0.15, 0.2) is 0 Å². The Labute approximate surface area is 105 Å². The van der Waals surface area contributed by atoms with Gasteiger partial charge in [-0.15, -0.1) is 0 Å². The lowest BCUT2D eigenvalue weighted by Crippen LogP contribution is -2.01. The Bertz CT molecular complexity index is 307. The average Bonchev–Trinajstić information content (AvgIpc) is 2.24. The molecule has 0 aromatic heterocycles. The molecule has 0 bridgehead atoms. The third-order valence-electron chi connectivity index (χ3n) is 3.19. The van der Waals surface area contributed by atoms with Crippen molar-refractivity contribution in [1.82, 2.24) is 0 Å². The maximum Gasteiger partial charge on any atom is 0.331 e. The highest BCUT2D eigenvalue weighted by Gasteiger charge is 2.07. The molecule has 0 aliphatic carbocycles. The summed E-state index contributed by atoms with van der Waals surface area (Å²) in [6.07, 6.45) is 6.55. The second kappa shape index (κ2) is 8.10. The molecule has 0 fully saturated rings. The lowest BCUT2D eigenvalue weighted by atomic mass is 9.95. The van der Waals surface area contributed by atoms with Crippen molar-refractivity contribution in [3.63, 3.8) is 0 Å². The van der Waals surface area contributed by atoms with Gasteiger partial charge in [0.1, 0.15) is 0 Å². The van der Waals surface area contributed by atoms with Crippen LogP contribution in [0.3, 0.4) is 0 Å². The molecule has 2 nitrogen and oxygen atoms in total. The lowest BCUT2D eigenvalue weighted by molar-refractivity contribution is -0.132. The van der Waals surface area contributed by atoms with E-state index < -0.39 is 5.97 Å². The number of carbonyl (C=O) groups is 1. The van der Waals surface area contributed by atoms with Crippen LogP contribution in [0.25, 0.3) is 0 Å². The van der Waals surface area contributed by atoms with E-state index in [0.717, 1.165) is 24.8 Å². The van der Waals surface area contributed by atoms with Crippen LogP contribution in [0.4, 0.5) is 0 Å². The van der Waals surface area contributed by atoms with Crippen molar-refractivity contribution in [3.05, 3.63) is 22.8 Å². The SMILES string of the molecule is CC(C)=CCCC(C)CCC(C)=C(C)C(=O)O. The fourth-order valence-corrected chi connectivity index (χ4v) is 1.63. The van der Waals surface area contributed by atoms with E-state index in [1.165, 1.54) is 12.0 Å². The Morgan fingerprint density at radius 1 is 1.18 bits per heavy atom. The summed E-state index contributed by atoms with van der Waals surface area (Å²) < 4.78 is 0. The molecule has 0 saturated heterocycles. The minimum absolute atomic E-state index is 0.501. The van der Waals surface area contributed by atoms with Crippen molar-refractivity contribution < 1.29 is 9.90 Å². The van der Waals surface area contributed by atoms with Crippen LogP contribution in [0.5, 0.6) is 0 Å². The molecule has 0 spiro atoms. The third kappa shape index (κ3) is 7.78. The Kier molecular flexibility index (Phi) is 7.60. The molecule has 0 saturated carbocycles. The minimum atomic E-state index is -0.792. The van der Waals surface area contributed by atoms with Crippen molar-refractivity contribution in [2.24, 2.45) is 5.92 Å². The molecule has 0 amide bonds. The quantitative estimate of drug-likeness (QED) is 0.521. The fraction of sp³-hybridized carbons (Fsp3) is 0.667. The summed E-state index contributed by atoms with van der Waals surface area (Å²) >= 11 is 0. The summed E-state index contributed by atoms with van der Waals surface area (Å²) in [5, 5.41) is 8.85. The Morgan fingerprint density at radius 2 is 1.76 bits per heavy atom. The van der Waals surface area contributed by atoms with Crippen LogP contribution in [0, 0.1) is 5.92 Å². The second-order valence-electron chi connectivity index (χ2n) is 5.21. The lowest BCUT2D eigenvalue weighted by Gasteiger charge is -2.11. The van der Waals surface area contributed by atoms with Gasteiger partial charge in [0.2, 0.25) is 0 Å². The molecule has 1 atom stereocenters. The molecule has 0 aliphatic heterocycles. The molecular weight excluding hydrogens is 212 g/mol. The van der Waals surface area contributed by atoms with E-state index in [1.54, 1.807) is 6.92 Å². The smallest absolute Gasteiger partial charge is 0.331 e. The molecule has 0 rings (SSSR count). The summed E-state index contributed by atoms with van der Waals surface area (Å²) in [7, 11) is 0. The van der Waals surface area contributed by atoms with Gasteiger partial charge in [0.25, 0.3) is 0 Å². The van der Waals surface area contributed by atoms with Crippen LogP contribution in [0.1, 0.15) is 60.3 Å². The van der Waals surface area contributed by atoms with E-state index >= 15 is 0 Å². The van der Waals surface area contributed by atoms with Gasteiger partial charge in [-0.1, -0.05) is 24.1 Å². The average molecular weight is 238 g/mol. The van der Waals surface area contributed by atoms with E-state index in [9.17, 15) is 4.79 Å². The zero-order valence-corrected chi connectivity index (χ0v) is 11.8. The van der Waals surface area contributed by atoms with E-state index in [2.05, 4.69) is 26.8 Å². The van der Waals surface area contributed by atoms with E-state index in [-0.39, 0.29) is 0 Å². The zero-order valence-electron chi connectivity index (χ0n) is 11.8. The number of hydrogen-bond donors (Lipinski definition) is 1. The van der Waals surface area contributed by atoms with Gasteiger partial charge in [-0.05, 0) is 59.3 Å². The standard InChI is InChI=1S/C15H26O2/c1-11(2)7-6-8-12(3)9-10-13(4)14(5)15(16)17/h7,12H,6,8-10H2,1-5H3,(H,16,17). The Hall–Kier alpha value is -1.05. The molecule has 0 aromatic rings. The minimum Gasteiger partial charge on any atom is -0.478 e. The molecule has 0 aliphatic rings. The molecule has 1 N–H and O–H groups in total. The van der Waals surface area contributed by atoms with Crippen LogP contribution in [-0.4, -0.2) is 11.1 Å². The second-order valence-corrected chi connectivity index (χ2v) is 5.21. The number of hydrogen-bond acceptors (Lipinski definition) is 1. The van der Waals surface area contributed by atoms with Crippen molar-refractivity contribution in [2.75, 3.05) is 0 Å². The molecule has 17 heavy (non-hydrogen) atoms. The third-order valence-corrected chi connectivity index (χ3v) is 3.19. The first-order valence-corrected chi connectivity index (χ1v) is 6.37. The van der Waals surface area contributed by atoms with Gasteiger partial charge in [0.05, 0.1) is 0 Å². The highest BCUT2D eigenvalue weighted by Crippen LogP contribution is 2.19. The van der Waals surface area contributed by atoms with Crippen LogP contribution in [0.2, 0.25) is 0 Å². The first-order valence-electron chi connectivity index (χ1n) is 6.37. The van der Waals surface area contributed by atoms with Gasteiger partial charge in [0, 0.05) is 5.57 Å². The maximum absolute atomic E-state index is 10.8. The van der Waals surface area contributed by atoms with Crippen LogP contribution >= 0.6 is 0 Å². The molecule has 2 heteroatoms. The van der Waals surface area contributed by atoms with Crippen molar-refractivity contribution >= 4 is 5.97 Å². The summed E-state index contributed by atoms with van der Waals surface area (Å²) in [6, 6.07) is 0. The first kappa shape index (κ1) is 16.0. The molecule has 1 unspecified atom stereocenters. The van der Waals surface area contributed by atoms with Crippen molar-refractivity contribution in [2.45, 2.75) is 60.3 Å². The molecule has 0 radical (unpaired) electrons. The molecule has 0 aromatic carbocycles. The van der Waals surface area contributed by atoms with Gasteiger partial charge in [-0.3, -0.25) is 0 Å². The number of allylic oxidation sites excluding steroid dienone is 3. The van der Waals surface area contributed by atoms with Crippen molar-refractivity contribution in [3.8, 4) is 0 Å². The number of aliphatic carboxylic acids is 1. The van der Waals surface area contributed by atoms with Gasteiger partial charge in [-0.25, -0.2) is 4.79 Å². The monoisotopic (exact) mass is 238 g/mol. The number of carboxylic acid groups (broad SMARTS) is 1. The fourth-order valence-electron chi connectivity index (χ4n) is 1.63. The predicted octanol–water partition coefficient (Wildman–Crippen LogP) is 4.57. The Balaban J connectivity index is 4.00. The Morgan fingerprint density at radius 3 is 2.24 bits per heavy atom. The zero-order chi connectivity index (χ0) is 13.4. The topological polar surface area (TPSA) is 37.3 Å². The summed E-state index contributed by atoms with van der Waals surface area (Å²) in [5.74, 6) is -0.137. The highest BCUT2D eigenvalue weighted by molar-refractivity contribution is 5.86. The first-order chi connectivity index (χ1) is 7.84. The maximum atomic E-state index is 10.8. The van der Waals surface area contributed by atoms with Gasteiger partial charge < -0.3 is 5.11 Å². The van der Waals surface area contributed by atoms with Crippen LogP contribution in [-0.2, 0) is 4.79 Å². The number of rotatable bonds is 7. The van der Waals surface area contributed by atoms with Crippen molar-refractivity contribution in [1.29, 1.82) is 0 Å². The summed E-state index contributed by atoms with van der Waals surface area (Å²) in [5.41, 5.74) is 2.88. The van der Waals surface area contributed by atoms with Gasteiger partial charge in [-0.2, -0.15) is 0 Å². The van der Waals surface area contributed by atoms with E-state index in [0.29, 0.717) is 11.5 Å². The van der Waals surface area contributed by atoms with E-state index in [4.69, 9.17) is 5.11 Å². The van der Waals surface area contributed by atoms with Crippen LogP contribution in [0.15, 0.2) is 22.8 Å². The largest absolute Gasteiger partial charge is 0.478 e. The summed E-state index contributed by atoms with van der Waals surface area (Å²) in [4.78, 5) is 10.8.